The summed E-state index contributed by atoms with van der Waals surface area (Å²) in [6.45, 7) is 3.87. The van der Waals surface area contributed by atoms with Crippen molar-refractivity contribution in [1.82, 2.24) is 15.6 Å². The minimum absolute atomic E-state index is 0. The van der Waals surface area contributed by atoms with Crippen LogP contribution >= 0.6 is 46.9 Å². The molecule has 0 bridgehead atoms. The number of halogens is 2. The Morgan fingerprint density at radius 2 is 1.97 bits per heavy atom. The molecular weight excluding hydrogens is 547 g/mol. The Bertz CT molecular complexity index is 955. The summed E-state index contributed by atoms with van der Waals surface area (Å²) in [4.78, 5) is 9.77. The highest BCUT2D eigenvalue weighted by Crippen LogP contribution is 2.26. The van der Waals surface area contributed by atoms with E-state index in [1.54, 1.807) is 12.3 Å². The fraction of sp³-hybridized carbons (Fsp3) is 0.273. The van der Waals surface area contributed by atoms with Crippen LogP contribution in [0.15, 0.2) is 65.8 Å². The monoisotopic (exact) mass is 572 g/mol. The van der Waals surface area contributed by atoms with Gasteiger partial charge in [-0.2, -0.15) is 0 Å². The van der Waals surface area contributed by atoms with E-state index in [1.165, 1.54) is 11.3 Å². The van der Waals surface area contributed by atoms with Crippen molar-refractivity contribution < 1.29 is 9.84 Å². The zero-order chi connectivity index (χ0) is 21.2. The van der Waals surface area contributed by atoms with Gasteiger partial charge in [0.1, 0.15) is 12.7 Å². The van der Waals surface area contributed by atoms with Crippen molar-refractivity contribution in [2.24, 2.45) is 4.99 Å². The summed E-state index contributed by atoms with van der Waals surface area (Å²) in [6, 6.07) is 17.4. The van der Waals surface area contributed by atoms with Gasteiger partial charge in [-0.1, -0.05) is 48.0 Å². The minimum Gasteiger partial charge on any atom is -0.473 e. The molecule has 0 fully saturated rings. The zero-order valence-corrected chi connectivity index (χ0v) is 21.0. The van der Waals surface area contributed by atoms with Crippen LogP contribution in [0.1, 0.15) is 29.0 Å². The molecule has 0 radical (unpaired) electrons. The van der Waals surface area contributed by atoms with E-state index in [0.29, 0.717) is 42.4 Å². The molecule has 1 atom stereocenters. The van der Waals surface area contributed by atoms with Gasteiger partial charge in [0.25, 0.3) is 0 Å². The highest BCUT2D eigenvalue weighted by molar-refractivity contribution is 14.0. The SMILES string of the molecule is CCNC(=NCc1cccnc1OCc1ccccc1)NCC(O)c1ccc(Cl)s1.I. The lowest BCUT2D eigenvalue weighted by Crippen LogP contribution is -2.39. The van der Waals surface area contributed by atoms with Crippen LogP contribution in [0.5, 0.6) is 5.88 Å². The summed E-state index contributed by atoms with van der Waals surface area (Å²) in [7, 11) is 0. The molecule has 3 N–H and O–H groups in total. The summed E-state index contributed by atoms with van der Waals surface area (Å²) in [5.74, 6) is 1.17. The molecule has 0 amide bonds. The number of pyridine rings is 1. The average molecular weight is 573 g/mol. The molecule has 0 saturated carbocycles. The zero-order valence-electron chi connectivity index (χ0n) is 17.1. The number of nitrogens with zero attached hydrogens (tertiary/aromatic N) is 2. The molecule has 9 heteroatoms. The van der Waals surface area contributed by atoms with Gasteiger partial charge in [0.15, 0.2) is 5.96 Å². The predicted octanol–water partition coefficient (Wildman–Crippen LogP) is 4.78. The van der Waals surface area contributed by atoms with Crippen LogP contribution in [-0.4, -0.2) is 29.1 Å². The van der Waals surface area contributed by atoms with Gasteiger partial charge in [-0.05, 0) is 30.7 Å². The first-order valence-electron chi connectivity index (χ1n) is 9.71. The Balaban J connectivity index is 0.00000341. The van der Waals surface area contributed by atoms with Crippen LogP contribution in [0.2, 0.25) is 4.34 Å². The Morgan fingerprint density at radius 1 is 1.16 bits per heavy atom. The molecule has 6 nitrogen and oxygen atoms in total. The standard InChI is InChI=1S/C22H25ClN4O2S.HI/c1-2-24-22(27-14-18(28)19-10-11-20(23)30-19)26-13-17-9-6-12-25-21(17)29-15-16-7-4-3-5-8-16;/h3-12,18,28H,2,13-15H2,1H3,(H2,24,26,27);1H. The summed E-state index contributed by atoms with van der Waals surface area (Å²) in [5.41, 5.74) is 1.96. The van der Waals surface area contributed by atoms with Crippen molar-refractivity contribution in [3.63, 3.8) is 0 Å². The van der Waals surface area contributed by atoms with E-state index < -0.39 is 6.10 Å². The van der Waals surface area contributed by atoms with Crippen LogP contribution in [0.3, 0.4) is 0 Å². The Morgan fingerprint density at radius 3 is 2.68 bits per heavy atom. The van der Waals surface area contributed by atoms with E-state index in [1.807, 2.05) is 55.5 Å². The van der Waals surface area contributed by atoms with Crippen molar-refractivity contribution in [3.05, 3.63) is 81.1 Å². The fourth-order valence-electron chi connectivity index (χ4n) is 2.71. The number of benzene rings is 1. The average Bonchev–Trinajstić information content (AvgIpc) is 3.21. The van der Waals surface area contributed by atoms with Crippen molar-refractivity contribution in [2.75, 3.05) is 13.1 Å². The highest BCUT2D eigenvalue weighted by atomic mass is 127. The molecule has 2 aromatic heterocycles. The molecule has 0 spiro atoms. The number of hydrogen-bond acceptors (Lipinski definition) is 5. The highest BCUT2D eigenvalue weighted by Gasteiger charge is 2.11. The maximum absolute atomic E-state index is 10.3. The third-order valence-corrected chi connectivity index (χ3v) is 5.54. The largest absolute Gasteiger partial charge is 0.473 e. The maximum atomic E-state index is 10.3. The summed E-state index contributed by atoms with van der Waals surface area (Å²) in [6.07, 6.45) is 1.05. The number of rotatable bonds is 9. The number of aliphatic imine (C=N–C) groups is 1. The van der Waals surface area contributed by atoms with Crippen molar-refractivity contribution in [2.45, 2.75) is 26.2 Å². The first-order chi connectivity index (χ1) is 14.7. The van der Waals surface area contributed by atoms with E-state index in [4.69, 9.17) is 16.3 Å². The summed E-state index contributed by atoms with van der Waals surface area (Å²) in [5, 5.41) is 16.7. The van der Waals surface area contributed by atoms with Gasteiger partial charge < -0.3 is 20.5 Å². The number of aromatic nitrogens is 1. The van der Waals surface area contributed by atoms with Gasteiger partial charge in [-0.15, -0.1) is 35.3 Å². The maximum Gasteiger partial charge on any atom is 0.218 e. The summed E-state index contributed by atoms with van der Waals surface area (Å²) < 4.78 is 6.56. The molecule has 2 heterocycles. The van der Waals surface area contributed by atoms with Crippen molar-refractivity contribution >= 4 is 52.9 Å². The van der Waals surface area contributed by atoms with E-state index >= 15 is 0 Å². The minimum atomic E-state index is -0.658. The molecule has 3 aromatic rings. The molecule has 3 rings (SSSR count). The lowest BCUT2D eigenvalue weighted by atomic mass is 10.2. The number of nitrogens with one attached hydrogen (secondary N) is 2. The third-order valence-electron chi connectivity index (χ3n) is 4.21. The van der Waals surface area contributed by atoms with Gasteiger partial charge in [0.2, 0.25) is 5.88 Å². The first kappa shape index (κ1) is 25.4. The Hall–Kier alpha value is -1.88. The van der Waals surface area contributed by atoms with Crippen LogP contribution in [0.4, 0.5) is 0 Å². The molecule has 1 aromatic carbocycles. The second-order valence-electron chi connectivity index (χ2n) is 6.48. The van der Waals surface area contributed by atoms with Gasteiger partial charge in [-0.3, -0.25) is 0 Å². The smallest absolute Gasteiger partial charge is 0.218 e. The molecule has 166 valence electrons. The number of ether oxygens (including phenoxy) is 1. The Labute approximate surface area is 208 Å². The normalized spacial score (nSPS) is 12.0. The van der Waals surface area contributed by atoms with Crippen molar-refractivity contribution in [3.8, 4) is 5.88 Å². The molecule has 0 saturated heterocycles. The summed E-state index contributed by atoms with van der Waals surface area (Å²) >= 11 is 7.31. The van der Waals surface area contributed by atoms with Crippen molar-refractivity contribution in [1.29, 1.82) is 0 Å². The van der Waals surface area contributed by atoms with Crippen LogP contribution in [0.25, 0.3) is 0 Å². The number of aliphatic hydroxyl groups is 1. The number of aliphatic hydroxyl groups excluding tert-OH is 1. The van der Waals surface area contributed by atoms with E-state index in [-0.39, 0.29) is 24.0 Å². The predicted molar refractivity (Wildman–Crippen MR) is 138 cm³/mol. The van der Waals surface area contributed by atoms with Crippen LogP contribution in [-0.2, 0) is 13.2 Å². The van der Waals surface area contributed by atoms with E-state index in [9.17, 15) is 5.11 Å². The molecule has 0 aliphatic heterocycles. The van der Waals surface area contributed by atoms with Crippen LogP contribution in [0, 0.1) is 0 Å². The van der Waals surface area contributed by atoms with Crippen LogP contribution < -0.4 is 15.4 Å². The van der Waals surface area contributed by atoms with E-state index in [0.717, 1.165) is 16.0 Å². The van der Waals surface area contributed by atoms with E-state index in [2.05, 4.69) is 20.6 Å². The number of thiophene rings is 1. The quantitative estimate of drug-likeness (QED) is 0.195. The lowest BCUT2D eigenvalue weighted by molar-refractivity contribution is 0.184. The molecular formula is C22H26ClIN4O2S. The first-order valence-corrected chi connectivity index (χ1v) is 10.9. The lowest BCUT2D eigenvalue weighted by Gasteiger charge is -2.15. The van der Waals surface area contributed by atoms with Gasteiger partial charge >= 0.3 is 0 Å². The third kappa shape index (κ3) is 8.29. The second-order valence-corrected chi connectivity index (χ2v) is 8.22. The number of guanidine groups is 1. The molecule has 1 unspecified atom stereocenters. The topological polar surface area (TPSA) is 78.8 Å². The number of hydrogen-bond donors (Lipinski definition) is 3. The Kier molecular flexibility index (Phi) is 11.1. The fourth-order valence-corrected chi connectivity index (χ4v) is 3.75. The molecule has 31 heavy (non-hydrogen) atoms. The second kappa shape index (κ2) is 13.5. The molecule has 0 aliphatic rings. The molecule has 0 aliphatic carbocycles. The van der Waals surface area contributed by atoms with Gasteiger partial charge in [-0.25, -0.2) is 9.98 Å². The van der Waals surface area contributed by atoms with Gasteiger partial charge in [0, 0.05) is 29.7 Å². The van der Waals surface area contributed by atoms with Gasteiger partial charge in [0.05, 0.1) is 10.9 Å².